The third kappa shape index (κ3) is 55.9. The van der Waals surface area contributed by atoms with Gasteiger partial charge in [-0.05, 0) is 83.3 Å². The van der Waals surface area contributed by atoms with E-state index in [1.165, 1.54) is 263 Å². The van der Waals surface area contributed by atoms with Gasteiger partial charge in [0.2, 0.25) is 23.6 Å². The minimum absolute atomic E-state index is 0.178. The van der Waals surface area contributed by atoms with Crippen molar-refractivity contribution in [3.05, 3.63) is 29.8 Å². The second kappa shape index (κ2) is 63.0. The number of rotatable bonds is 66. The van der Waals surface area contributed by atoms with Gasteiger partial charge < -0.3 is 25.0 Å². The number of aryl methyl sites for hydroxylation is 1. The normalized spacial score (nSPS) is 12.6. The summed E-state index contributed by atoms with van der Waals surface area (Å²) >= 11 is 0. The first kappa shape index (κ1) is 86.0. The minimum atomic E-state index is -4.27. The van der Waals surface area contributed by atoms with Crippen molar-refractivity contribution in [3.8, 4) is 0 Å². The summed E-state index contributed by atoms with van der Waals surface area (Å²) < 4.78 is 32.0. The first-order valence-electron chi connectivity index (χ1n) is 39.3. The number of benzene rings is 1. The maximum Gasteiger partial charge on any atom is 0.226 e. The monoisotopic (exact) mass is 1300 g/mol. The highest BCUT2D eigenvalue weighted by molar-refractivity contribution is 7.85. The van der Waals surface area contributed by atoms with E-state index in [1.807, 2.05) is 6.92 Å². The quantitative estimate of drug-likeness (QED) is 0.0332. The summed E-state index contributed by atoms with van der Waals surface area (Å²) in [5.74, 6) is 0.833. The number of nitrogens with zero attached hydrogens (tertiary/aromatic N) is 2. The predicted octanol–water partition coefficient (Wildman–Crippen LogP) is 20.8. The van der Waals surface area contributed by atoms with E-state index in [0.29, 0.717) is 45.3 Å². The Kier molecular flexibility index (Phi) is 59.6. The molecular weight excluding hydrogens is 1150 g/mol. The van der Waals surface area contributed by atoms with Crippen LogP contribution in [0.15, 0.2) is 29.2 Å². The molecule has 0 spiro atoms. The van der Waals surface area contributed by atoms with Crippen molar-refractivity contribution in [3.63, 3.8) is 0 Å². The lowest BCUT2D eigenvalue weighted by Crippen LogP contribution is -2.56. The molecule has 0 radical (unpaired) electrons. The third-order valence-corrected chi connectivity index (χ3v) is 20.0. The topological polar surface area (TPSA) is 165 Å². The molecule has 91 heavy (non-hydrogen) atoms. The van der Waals surface area contributed by atoms with Crippen molar-refractivity contribution in [2.24, 2.45) is 0 Å². The largest absolute Gasteiger partial charge is 0.744 e. The summed E-state index contributed by atoms with van der Waals surface area (Å²) in [5, 5.41) is 9.70. The van der Waals surface area contributed by atoms with Gasteiger partial charge in [0.25, 0.3) is 0 Å². The van der Waals surface area contributed by atoms with Crippen molar-refractivity contribution < 1.29 is 36.6 Å². The third-order valence-electron chi connectivity index (χ3n) is 19.1. The number of quaternary nitrogens is 1. The molecule has 12 nitrogen and oxygen atoms in total. The molecule has 1 heterocycles. The Morgan fingerprint density at radius 1 is 0.396 bits per heavy atom. The smallest absolute Gasteiger partial charge is 0.226 e. The molecule has 532 valence electrons. The molecule has 0 atom stereocenters. The van der Waals surface area contributed by atoms with Crippen LogP contribution in [0.1, 0.15) is 386 Å². The second-order valence-electron chi connectivity index (χ2n) is 28.0. The number of amides is 4. The standard InChI is InChI=1S/C71H139N5O4.C7H8O3S/c1-4-7-10-13-16-19-22-25-28-31-34-37-40-43-46-56-68(77)72-60-49-52-64-76(67-75-63-55-59-71(75)80,65-53-50-61-73-69(78)57-47-44-41-38-35-32-29-26-23-20-17-14-11-8-5-2)66-54-51-62-74-70(79)58-48-45-42-39-36-33-30-27-24-21-18-15-12-9-6-3;1-6-2-4-7(5-3-6)11(8,9)10/h4-67H2,1-3H3,(H2-,72,73,74,77,78,79);2-5H,1H3,(H,8,9,10). The SMILES string of the molecule is CCCCCCCCCCCCCCCCCC(=O)NCCCC[N+](CCCCNC(=O)CCCCCCCCCCCCCCCCC)(CCCCNC(=O)CCCCCCCCCCCCCCCCC)CN1CCCC1=O.Cc1ccc(S(=O)(=O)[O-])cc1. The molecule has 0 unspecified atom stereocenters. The van der Waals surface area contributed by atoms with Crippen LogP contribution in [0.25, 0.3) is 0 Å². The highest BCUT2D eigenvalue weighted by Gasteiger charge is 2.33. The Labute approximate surface area is 562 Å². The van der Waals surface area contributed by atoms with Gasteiger partial charge in [-0.25, -0.2) is 8.42 Å². The van der Waals surface area contributed by atoms with Crippen molar-refractivity contribution in [1.29, 1.82) is 0 Å². The van der Waals surface area contributed by atoms with Crippen LogP contribution in [0.5, 0.6) is 0 Å². The summed E-state index contributed by atoms with van der Waals surface area (Å²) in [4.78, 5) is 53.6. The Morgan fingerprint density at radius 2 is 0.648 bits per heavy atom. The van der Waals surface area contributed by atoms with Crippen LogP contribution in [-0.4, -0.2) is 98.5 Å². The number of likely N-dealkylation sites (tertiary alicyclic amines) is 1. The van der Waals surface area contributed by atoms with E-state index in [4.69, 9.17) is 0 Å². The zero-order chi connectivity index (χ0) is 66.2. The molecule has 0 aromatic heterocycles. The van der Waals surface area contributed by atoms with Crippen LogP contribution in [0.2, 0.25) is 0 Å². The number of hydrogen-bond donors (Lipinski definition) is 3. The van der Waals surface area contributed by atoms with E-state index in [9.17, 15) is 32.1 Å². The average Bonchev–Trinajstić information content (AvgIpc) is 4.13. The van der Waals surface area contributed by atoms with E-state index < -0.39 is 10.1 Å². The van der Waals surface area contributed by atoms with E-state index in [-0.39, 0.29) is 28.5 Å². The number of nitrogens with one attached hydrogen (secondary N) is 3. The summed E-state index contributed by atoms with van der Waals surface area (Å²) in [6.45, 7) is 15.3. The Hall–Kier alpha value is -3.03. The van der Waals surface area contributed by atoms with E-state index >= 15 is 0 Å². The molecule has 1 aromatic carbocycles. The molecule has 0 bridgehead atoms. The Morgan fingerprint density at radius 3 is 0.879 bits per heavy atom. The van der Waals surface area contributed by atoms with Crippen LogP contribution in [0, 0.1) is 6.92 Å². The molecular formula is C78H147N5O7S. The molecule has 13 heteroatoms. The average molecular weight is 1300 g/mol. The van der Waals surface area contributed by atoms with Crippen LogP contribution in [0.4, 0.5) is 0 Å². The van der Waals surface area contributed by atoms with Gasteiger partial charge in [0.15, 0.2) is 6.67 Å². The molecule has 1 fully saturated rings. The maximum atomic E-state index is 13.1. The van der Waals surface area contributed by atoms with Crippen LogP contribution >= 0.6 is 0 Å². The molecule has 1 aliphatic rings. The van der Waals surface area contributed by atoms with Crippen molar-refractivity contribution in [2.75, 3.05) is 52.5 Å². The summed E-state index contributed by atoms with van der Waals surface area (Å²) in [6.07, 6.45) is 69.0. The first-order chi connectivity index (χ1) is 44.4. The molecule has 1 saturated heterocycles. The summed E-state index contributed by atoms with van der Waals surface area (Å²) in [6, 6.07) is 5.78. The molecule has 2 rings (SSSR count). The summed E-state index contributed by atoms with van der Waals surface area (Å²) in [7, 11) is -4.27. The number of hydrogen-bond acceptors (Lipinski definition) is 7. The van der Waals surface area contributed by atoms with Gasteiger partial charge in [-0.2, -0.15) is 0 Å². The van der Waals surface area contributed by atoms with Crippen molar-refractivity contribution >= 4 is 33.7 Å². The zero-order valence-corrected chi connectivity index (χ0v) is 61.0. The minimum Gasteiger partial charge on any atom is -0.744 e. The van der Waals surface area contributed by atoms with Gasteiger partial charge in [0.1, 0.15) is 10.1 Å². The fourth-order valence-corrected chi connectivity index (χ4v) is 13.6. The van der Waals surface area contributed by atoms with Gasteiger partial charge in [0.05, 0.1) is 24.5 Å². The van der Waals surface area contributed by atoms with Crippen LogP contribution in [0.3, 0.4) is 0 Å². The first-order valence-corrected chi connectivity index (χ1v) is 40.7. The molecule has 0 aliphatic carbocycles. The molecule has 0 saturated carbocycles. The lowest BCUT2D eigenvalue weighted by Gasteiger charge is -2.41. The molecule has 3 N–H and O–H groups in total. The van der Waals surface area contributed by atoms with Crippen LogP contribution in [-0.2, 0) is 29.3 Å². The number of unbranched alkanes of at least 4 members (excludes halogenated alkanes) is 45. The van der Waals surface area contributed by atoms with E-state index in [1.54, 1.807) is 12.1 Å². The zero-order valence-electron chi connectivity index (χ0n) is 60.2. The number of carbonyl (C=O) groups is 4. The van der Waals surface area contributed by atoms with Gasteiger partial charge in [0, 0.05) is 51.9 Å². The predicted molar refractivity (Wildman–Crippen MR) is 385 cm³/mol. The van der Waals surface area contributed by atoms with Gasteiger partial charge >= 0.3 is 0 Å². The van der Waals surface area contributed by atoms with Gasteiger partial charge in [-0.1, -0.05) is 308 Å². The summed E-state index contributed by atoms with van der Waals surface area (Å²) in [5.41, 5.74) is 0.928. The fourth-order valence-electron chi connectivity index (χ4n) is 13.1. The van der Waals surface area contributed by atoms with Crippen molar-refractivity contribution in [1.82, 2.24) is 20.9 Å². The highest BCUT2D eigenvalue weighted by Crippen LogP contribution is 2.22. The lowest BCUT2D eigenvalue weighted by molar-refractivity contribution is -0.936. The highest BCUT2D eigenvalue weighted by atomic mass is 32.2. The van der Waals surface area contributed by atoms with Crippen LogP contribution < -0.4 is 16.0 Å². The lowest BCUT2D eigenvalue weighted by atomic mass is 10.0. The van der Waals surface area contributed by atoms with Gasteiger partial charge in [-0.3, -0.25) is 24.1 Å². The number of carbonyl (C=O) groups excluding carboxylic acids is 4. The fraction of sp³-hybridized carbons (Fsp3) is 0.872. The maximum absolute atomic E-state index is 13.1. The second-order valence-corrected chi connectivity index (χ2v) is 29.3. The van der Waals surface area contributed by atoms with Gasteiger partial charge in [-0.15, -0.1) is 0 Å². The Balaban J connectivity index is 0.00000337. The molecule has 1 aliphatic heterocycles. The van der Waals surface area contributed by atoms with E-state index in [2.05, 4.69) is 41.6 Å². The van der Waals surface area contributed by atoms with E-state index in [0.717, 1.165) is 126 Å². The molecule has 1 aromatic rings. The Bertz CT molecular complexity index is 1800. The van der Waals surface area contributed by atoms with Crippen molar-refractivity contribution in [2.45, 2.75) is 392 Å². The molecule has 4 amide bonds.